The van der Waals surface area contributed by atoms with Crippen molar-refractivity contribution in [2.45, 2.75) is 45.3 Å². The van der Waals surface area contributed by atoms with Gasteiger partial charge < -0.3 is 10.1 Å². The van der Waals surface area contributed by atoms with Crippen LogP contribution >= 0.6 is 0 Å². The van der Waals surface area contributed by atoms with Gasteiger partial charge >= 0.3 is 6.09 Å². The number of rotatable bonds is 2. The van der Waals surface area contributed by atoms with Crippen LogP contribution in [0.4, 0.5) is 10.6 Å². The predicted octanol–water partition coefficient (Wildman–Crippen LogP) is 1.81. The molecule has 0 saturated carbocycles. The van der Waals surface area contributed by atoms with Crippen LogP contribution in [0, 0.1) is 0 Å². The fourth-order valence-electron chi connectivity index (χ4n) is 2.16. The van der Waals surface area contributed by atoms with E-state index in [1.54, 1.807) is 32.9 Å². The van der Waals surface area contributed by atoms with Crippen LogP contribution in [0.25, 0.3) is 0 Å². The summed E-state index contributed by atoms with van der Waals surface area (Å²) in [7, 11) is 0. The zero-order valence-corrected chi connectivity index (χ0v) is 12.5. The number of hydrogen-bond donors (Lipinski definition) is 1. The number of nitrogens with zero attached hydrogens (tertiary/aromatic N) is 3. The third kappa shape index (κ3) is 4.14. The summed E-state index contributed by atoms with van der Waals surface area (Å²) in [6.07, 6.45) is 2.46. The van der Waals surface area contributed by atoms with Crippen LogP contribution < -0.4 is 5.32 Å². The fraction of sp³-hybridized carbons (Fsp3) is 0.571. The highest BCUT2D eigenvalue weighted by Crippen LogP contribution is 2.21. The van der Waals surface area contributed by atoms with Gasteiger partial charge in [-0.15, -0.1) is 5.10 Å². The summed E-state index contributed by atoms with van der Waals surface area (Å²) in [5.74, 6) is 0.109. The summed E-state index contributed by atoms with van der Waals surface area (Å²) in [5.41, 5.74) is -0.578. The highest BCUT2D eigenvalue weighted by Gasteiger charge is 2.36. The molecular formula is C14H20N4O3. The summed E-state index contributed by atoms with van der Waals surface area (Å²) in [6.45, 7) is 5.92. The van der Waals surface area contributed by atoms with Crippen molar-refractivity contribution in [2.24, 2.45) is 0 Å². The van der Waals surface area contributed by atoms with Gasteiger partial charge in [0.05, 0.1) is 0 Å². The zero-order valence-electron chi connectivity index (χ0n) is 12.5. The van der Waals surface area contributed by atoms with E-state index in [0.29, 0.717) is 18.8 Å². The minimum Gasteiger partial charge on any atom is -0.444 e. The lowest BCUT2D eigenvalue weighted by Crippen LogP contribution is -2.45. The Balaban J connectivity index is 2.01. The molecule has 1 N–H and O–H groups in total. The lowest BCUT2D eigenvalue weighted by atomic mass is 10.2. The van der Waals surface area contributed by atoms with Crippen molar-refractivity contribution in [3.8, 4) is 0 Å². The van der Waals surface area contributed by atoms with Gasteiger partial charge in [-0.3, -0.25) is 9.69 Å². The molecular weight excluding hydrogens is 272 g/mol. The first-order chi connectivity index (χ1) is 9.87. The maximum Gasteiger partial charge on any atom is 0.410 e. The Hall–Kier alpha value is -2.18. The molecule has 2 rings (SSSR count). The highest BCUT2D eigenvalue weighted by atomic mass is 16.6. The van der Waals surface area contributed by atoms with Gasteiger partial charge in [0.15, 0.2) is 5.82 Å². The first-order valence-corrected chi connectivity index (χ1v) is 6.95. The molecule has 0 radical (unpaired) electrons. The van der Waals surface area contributed by atoms with Crippen molar-refractivity contribution < 1.29 is 14.3 Å². The van der Waals surface area contributed by atoms with Crippen molar-refractivity contribution in [1.29, 1.82) is 0 Å². The second-order valence-corrected chi connectivity index (χ2v) is 5.93. The molecule has 2 amide bonds. The Kier molecular flexibility index (Phi) is 4.40. The predicted molar refractivity (Wildman–Crippen MR) is 76.6 cm³/mol. The topological polar surface area (TPSA) is 84.4 Å². The SMILES string of the molecule is CC(C)(C)OC(=O)N1CCC[C@H]1C(=O)Nc1cccnn1. The van der Waals surface area contributed by atoms with Crippen molar-refractivity contribution in [1.82, 2.24) is 15.1 Å². The third-order valence-electron chi connectivity index (χ3n) is 3.01. The van der Waals surface area contributed by atoms with Gasteiger partial charge in [-0.25, -0.2) is 4.79 Å². The largest absolute Gasteiger partial charge is 0.444 e. The lowest BCUT2D eigenvalue weighted by Gasteiger charge is -2.27. The van der Waals surface area contributed by atoms with E-state index in [1.807, 2.05) is 0 Å². The first-order valence-electron chi connectivity index (χ1n) is 6.95. The molecule has 0 spiro atoms. The average molecular weight is 292 g/mol. The molecule has 1 aliphatic heterocycles. The molecule has 1 fully saturated rings. The lowest BCUT2D eigenvalue weighted by molar-refractivity contribution is -0.120. The van der Waals surface area contributed by atoms with Crippen LogP contribution in [-0.4, -0.2) is 45.3 Å². The first kappa shape index (κ1) is 15.2. The van der Waals surface area contributed by atoms with Crippen LogP contribution in [0.2, 0.25) is 0 Å². The number of hydrogen-bond acceptors (Lipinski definition) is 5. The van der Waals surface area contributed by atoms with Crippen LogP contribution in [0.3, 0.4) is 0 Å². The van der Waals surface area contributed by atoms with E-state index >= 15 is 0 Å². The average Bonchev–Trinajstić information content (AvgIpc) is 2.87. The highest BCUT2D eigenvalue weighted by molar-refractivity contribution is 5.96. The number of carbonyl (C=O) groups excluding carboxylic acids is 2. The molecule has 114 valence electrons. The number of anilines is 1. The van der Waals surface area contributed by atoms with Crippen LogP contribution in [0.5, 0.6) is 0 Å². The Morgan fingerprint density at radius 3 is 2.81 bits per heavy atom. The Bertz CT molecular complexity index is 513. The Morgan fingerprint density at radius 2 is 2.19 bits per heavy atom. The summed E-state index contributed by atoms with van der Waals surface area (Å²) in [4.78, 5) is 25.9. The number of nitrogens with one attached hydrogen (secondary N) is 1. The quantitative estimate of drug-likeness (QED) is 0.898. The van der Waals surface area contributed by atoms with Gasteiger partial charge in [0.2, 0.25) is 5.91 Å². The molecule has 21 heavy (non-hydrogen) atoms. The van der Waals surface area contributed by atoms with Crippen LogP contribution in [-0.2, 0) is 9.53 Å². The fourth-order valence-corrected chi connectivity index (χ4v) is 2.16. The molecule has 1 aliphatic rings. The second kappa shape index (κ2) is 6.07. The van der Waals surface area contributed by atoms with Gasteiger partial charge in [0.1, 0.15) is 11.6 Å². The summed E-state index contributed by atoms with van der Waals surface area (Å²) in [6, 6.07) is 2.81. The maximum absolute atomic E-state index is 12.3. The third-order valence-corrected chi connectivity index (χ3v) is 3.01. The summed E-state index contributed by atoms with van der Waals surface area (Å²) in [5, 5.41) is 10.2. The van der Waals surface area contributed by atoms with Gasteiger partial charge in [0.25, 0.3) is 0 Å². The molecule has 1 saturated heterocycles. The maximum atomic E-state index is 12.3. The smallest absolute Gasteiger partial charge is 0.410 e. The van der Waals surface area contributed by atoms with E-state index in [2.05, 4.69) is 15.5 Å². The van der Waals surface area contributed by atoms with Gasteiger partial charge in [-0.2, -0.15) is 5.10 Å². The van der Waals surface area contributed by atoms with Crippen molar-refractivity contribution in [3.63, 3.8) is 0 Å². The number of likely N-dealkylation sites (tertiary alicyclic amines) is 1. The van der Waals surface area contributed by atoms with Gasteiger partial charge in [-0.05, 0) is 45.7 Å². The van der Waals surface area contributed by atoms with Crippen molar-refractivity contribution in [3.05, 3.63) is 18.3 Å². The number of carbonyl (C=O) groups is 2. The van der Waals surface area contributed by atoms with E-state index in [1.165, 1.54) is 11.1 Å². The van der Waals surface area contributed by atoms with Gasteiger partial charge in [-0.1, -0.05) is 0 Å². The summed E-state index contributed by atoms with van der Waals surface area (Å²) < 4.78 is 5.33. The zero-order chi connectivity index (χ0) is 15.5. The molecule has 0 unspecified atom stereocenters. The standard InChI is InChI=1S/C14H20N4O3/c1-14(2,3)21-13(20)18-9-5-6-10(18)12(19)16-11-7-4-8-15-17-11/h4,7-8,10H,5-6,9H2,1-3H3,(H,16,17,19)/t10-/m0/s1. The molecule has 7 heteroatoms. The van der Waals surface area contributed by atoms with Crippen molar-refractivity contribution >= 4 is 17.8 Å². The number of ether oxygens (including phenoxy) is 1. The molecule has 0 aliphatic carbocycles. The molecule has 2 heterocycles. The number of aromatic nitrogens is 2. The molecule has 1 aromatic heterocycles. The van der Waals surface area contributed by atoms with E-state index in [9.17, 15) is 9.59 Å². The summed E-state index contributed by atoms with van der Waals surface area (Å²) >= 11 is 0. The molecule has 0 aromatic carbocycles. The normalized spacial score (nSPS) is 18.4. The minimum absolute atomic E-state index is 0.265. The van der Waals surface area contributed by atoms with E-state index in [4.69, 9.17) is 4.74 Å². The monoisotopic (exact) mass is 292 g/mol. The molecule has 1 aromatic rings. The van der Waals surface area contributed by atoms with E-state index < -0.39 is 17.7 Å². The molecule has 1 atom stereocenters. The molecule has 0 bridgehead atoms. The van der Waals surface area contributed by atoms with Crippen molar-refractivity contribution in [2.75, 3.05) is 11.9 Å². The Labute approximate surface area is 123 Å². The van der Waals surface area contributed by atoms with E-state index in [0.717, 1.165) is 6.42 Å². The van der Waals surface area contributed by atoms with Gasteiger partial charge in [0, 0.05) is 12.7 Å². The van der Waals surface area contributed by atoms with E-state index in [-0.39, 0.29) is 5.91 Å². The van der Waals surface area contributed by atoms with Crippen LogP contribution in [0.15, 0.2) is 18.3 Å². The Morgan fingerprint density at radius 1 is 1.43 bits per heavy atom. The number of amides is 2. The molecule has 7 nitrogen and oxygen atoms in total. The minimum atomic E-state index is -0.578. The second-order valence-electron chi connectivity index (χ2n) is 5.93. The van der Waals surface area contributed by atoms with Crippen LogP contribution in [0.1, 0.15) is 33.6 Å².